The van der Waals surface area contributed by atoms with Crippen molar-refractivity contribution in [1.82, 2.24) is 0 Å². The first-order chi connectivity index (χ1) is 8.51. The van der Waals surface area contributed by atoms with Crippen molar-refractivity contribution in [3.8, 4) is 0 Å². The summed E-state index contributed by atoms with van der Waals surface area (Å²) in [6.07, 6.45) is 4.00. The van der Waals surface area contributed by atoms with Gasteiger partial charge in [0.05, 0.1) is 11.2 Å². The Bertz CT molecular complexity index is 386. The third-order valence-corrected chi connectivity index (χ3v) is 7.46. The fraction of sp³-hybridized carbons (Fsp3) is 1.00. The molecule has 2 saturated carbocycles. The molecule has 0 aromatic heterocycles. The van der Waals surface area contributed by atoms with Crippen LogP contribution in [-0.4, -0.2) is 18.3 Å². The Balaban J connectivity index is 1.87. The molecule has 2 bridgehead atoms. The van der Waals surface area contributed by atoms with Crippen molar-refractivity contribution in [3.63, 3.8) is 0 Å². The normalized spacial score (nSPS) is 45.9. The van der Waals surface area contributed by atoms with E-state index in [-0.39, 0.29) is 18.3 Å². The molecular formula is C16H29BO2. The molecule has 3 fully saturated rings. The smallest absolute Gasteiger partial charge is 0.403 e. The zero-order valence-corrected chi connectivity index (χ0v) is 13.7. The Morgan fingerprint density at radius 3 is 1.79 bits per heavy atom. The third-order valence-electron chi connectivity index (χ3n) is 7.46. The van der Waals surface area contributed by atoms with Gasteiger partial charge in [-0.1, -0.05) is 20.8 Å². The van der Waals surface area contributed by atoms with Gasteiger partial charge in [0.25, 0.3) is 0 Å². The van der Waals surface area contributed by atoms with Gasteiger partial charge in [0.1, 0.15) is 0 Å². The van der Waals surface area contributed by atoms with Gasteiger partial charge in [-0.25, -0.2) is 0 Å². The van der Waals surface area contributed by atoms with E-state index in [4.69, 9.17) is 9.31 Å². The van der Waals surface area contributed by atoms with Crippen LogP contribution in [0.2, 0.25) is 5.82 Å². The maximum Gasteiger partial charge on any atom is 0.461 e. The predicted octanol–water partition coefficient (Wildman–Crippen LogP) is 4.30. The molecule has 19 heavy (non-hydrogen) atoms. The molecule has 2 unspecified atom stereocenters. The summed E-state index contributed by atoms with van der Waals surface area (Å²) in [6, 6.07) is 0. The average Bonchev–Trinajstić information content (AvgIpc) is 2.68. The Kier molecular flexibility index (Phi) is 2.64. The molecule has 0 aromatic rings. The minimum Gasteiger partial charge on any atom is -0.403 e. The molecule has 2 aliphatic carbocycles. The fourth-order valence-corrected chi connectivity index (χ4v) is 4.73. The van der Waals surface area contributed by atoms with Crippen LogP contribution >= 0.6 is 0 Å². The van der Waals surface area contributed by atoms with Gasteiger partial charge >= 0.3 is 7.12 Å². The van der Waals surface area contributed by atoms with Crippen LogP contribution < -0.4 is 0 Å². The van der Waals surface area contributed by atoms with Crippen LogP contribution in [0, 0.1) is 16.7 Å². The summed E-state index contributed by atoms with van der Waals surface area (Å²) >= 11 is 0. The predicted molar refractivity (Wildman–Crippen MR) is 79.1 cm³/mol. The average molecular weight is 264 g/mol. The zero-order valence-electron chi connectivity index (χ0n) is 13.7. The van der Waals surface area contributed by atoms with Crippen LogP contribution in [0.3, 0.4) is 0 Å². The summed E-state index contributed by atoms with van der Waals surface area (Å²) in [5.74, 6) is 1.41. The van der Waals surface area contributed by atoms with E-state index in [1.165, 1.54) is 19.3 Å². The highest BCUT2D eigenvalue weighted by atomic mass is 16.7. The summed E-state index contributed by atoms with van der Waals surface area (Å²) in [5.41, 5.74) is 0.417. The van der Waals surface area contributed by atoms with E-state index in [1.807, 2.05) is 0 Å². The van der Waals surface area contributed by atoms with Crippen LogP contribution in [0.25, 0.3) is 0 Å². The highest BCUT2D eigenvalue weighted by Crippen LogP contribution is 2.72. The van der Waals surface area contributed by atoms with E-state index in [0.29, 0.717) is 16.6 Å². The summed E-state index contributed by atoms with van der Waals surface area (Å²) in [6.45, 7) is 16.0. The summed E-state index contributed by atoms with van der Waals surface area (Å²) in [7, 11) is -0.0143. The van der Waals surface area contributed by atoms with Crippen LogP contribution in [-0.2, 0) is 9.31 Å². The van der Waals surface area contributed by atoms with Crippen molar-refractivity contribution in [3.05, 3.63) is 0 Å². The molecule has 0 N–H and O–H groups in total. The van der Waals surface area contributed by atoms with Crippen LogP contribution in [0.1, 0.15) is 67.7 Å². The van der Waals surface area contributed by atoms with E-state index in [1.54, 1.807) is 0 Å². The maximum absolute atomic E-state index is 6.34. The van der Waals surface area contributed by atoms with Crippen molar-refractivity contribution >= 4 is 7.12 Å². The SMILES string of the molecule is CC1(C)OB(C2CC3CC[C@@]2(C)C3(C)C)OC1(C)C. The molecule has 1 heterocycles. The van der Waals surface area contributed by atoms with E-state index in [2.05, 4.69) is 48.5 Å². The molecule has 3 atom stereocenters. The van der Waals surface area contributed by atoms with Gasteiger partial charge in [-0.3, -0.25) is 0 Å². The molecule has 3 aliphatic rings. The van der Waals surface area contributed by atoms with Crippen molar-refractivity contribution in [2.45, 2.75) is 84.7 Å². The van der Waals surface area contributed by atoms with E-state index < -0.39 is 0 Å². The standard InChI is InChI=1S/C16H29BO2/c1-13(2)11-8-9-16(13,7)12(10-11)17-18-14(3,4)15(5,6)19-17/h11-12H,8-10H2,1-7H3/t11?,12?,16-/m1/s1. The van der Waals surface area contributed by atoms with Crippen LogP contribution in [0.5, 0.6) is 0 Å². The molecule has 0 spiro atoms. The maximum atomic E-state index is 6.34. The summed E-state index contributed by atoms with van der Waals surface area (Å²) in [5, 5.41) is 0. The van der Waals surface area contributed by atoms with Gasteiger partial charge in [-0.05, 0) is 63.7 Å². The van der Waals surface area contributed by atoms with Crippen molar-refractivity contribution in [1.29, 1.82) is 0 Å². The quantitative estimate of drug-likeness (QED) is 0.657. The fourth-order valence-electron chi connectivity index (χ4n) is 4.73. The molecule has 3 rings (SSSR count). The number of hydrogen-bond acceptors (Lipinski definition) is 2. The lowest BCUT2D eigenvalue weighted by atomic mass is 9.54. The lowest BCUT2D eigenvalue weighted by Crippen LogP contribution is -2.41. The second kappa shape index (κ2) is 3.60. The molecule has 3 heteroatoms. The van der Waals surface area contributed by atoms with Gasteiger partial charge in [0.2, 0.25) is 0 Å². The largest absolute Gasteiger partial charge is 0.461 e. The highest BCUT2D eigenvalue weighted by molar-refractivity contribution is 6.48. The third kappa shape index (κ3) is 1.58. The van der Waals surface area contributed by atoms with Crippen LogP contribution in [0.4, 0.5) is 0 Å². The molecular weight excluding hydrogens is 235 g/mol. The molecule has 0 radical (unpaired) electrons. The summed E-state index contributed by atoms with van der Waals surface area (Å²) < 4.78 is 12.7. The lowest BCUT2D eigenvalue weighted by Gasteiger charge is -2.40. The van der Waals surface area contributed by atoms with Gasteiger partial charge in [-0.15, -0.1) is 0 Å². The Morgan fingerprint density at radius 2 is 1.42 bits per heavy atom. The van der Waals surface area contributed by atoms with Gasteiger partial charge in [0.15, 0.2) is 0 Å². The Labute approximate surface area is 118 Å². The number of fused-ring (bicyclic) bond motifs is 2. The van der Waals surface area contributed by atoms with Gasteiger partial charge in [-0.2, -0.15) is 0 Å². The molecule has 0 aromatic carbocycles. The monoisotopic (exact) mass is 264 g/mol. The van der Waals surface area contributed by atoms with Crippen molar-refractivity contribution in [2.24, 2.45) is 16.7 Å². The van der Waals surface area contributed by atoms with E-state index in [0.717, 1.165) is 5.92 Å². The number of hydrogen-bond donors (Lipinski definition) is 0. The molecule has 2 nitrogen and oxygen atoms in total. The highest BCUT2D eigenvalue weighted by Gasteiger charge is 2.67. The first-order valence-electron chi connectivity index (χ1n) is 7.87. The zero-order chi connectivity index (χ0) is 14.3. The van der Waals surface area contributed by atoms with Gasteiger partial charge in [0, 0.05) is 5.82 Å². The van der Waals surface area contributed by atoms with Crippen molar-refractivity contribution < 1.29 is 9.31 Å². The summed E-state index contributed by atoms with van der Waals surface area (Å²) in [4.78, 5) is 0. The molecule has 0 amide bonds. The second-order valence-corrected chi connectivity index (χ2v) is 8.84. The molecule has 108 valence electrons. The van der Waals surface area contributed by atoms with Gasteiger partial charge < -0.3 is 9.31 Å². The minimum absolute atomic E-state index is 0.0143. The first kappa shape index (κ1) is 13.9. The first-order valence-corrected chi connectivity index (χ1v) is 7.87. The minimum atomic E-state index is -0.194. The Hall–Kier alpha value is -0.0151. The second-order valence-electron chi connectivity index (χ2n) is 8.84. The van der Waals surface area contributed by atoms with E-state index in [9.17, 15) is 0 Å². The molecule has 1 saturated heterocycles. The van der Waals surface area contributed by atoms with Crippen molar-refractivity contribution in [2.75, 3.05) is 0 Å². The Morgan fingerprint density at radius 1 is 0.895 bits per heavy atom. The van der Waals surface area contributed by atoms with E-state index >= 15 is 0 Å². The van der Waals surface area contributed by atoms with Crippen LogP contribution in [0.15, 0.2) is 0 Å². The number of rotatable bonds is 1. The lowest BCUT2D eigenvalue weighted by molar-refractivity contribution is 0.00578. The molecule has 1 aliphatic heterocycles. The topological polar surface area (TPSA) is 18.5 Å².